The monoisotopic (exact) mass is 387 g/mol. The Bertz CT molecular complexity index is 1040. The van der Waals surface area contributed by atoms with Crippen LogP contribution in [0.3, 0.4) is 0 Å². The average molecular weight is 387 g/mol. The van der Waals surface area contributed by atoms with E-state index in [0.717, 1.165) is 30.7 Å². The van der Waals surface area contributed by atoms with Crippen LogP contribution in [0.25, 0.3) is 10.9 Å². The normalized spacial score (nSPS) is 11.0. The number of amides is 1. The number of H-pyrrole nitrogens is 1. The third kappa shape index (κ3) is 4.43. The van der Waals surface area contributed by atoms with Gasteiger partial charge in [-0.05, 0) is 36.4 Å². The minimum absolute atomic E-state index is 0.0959. The molecule has 1 heterocycles. The molecule has 5 nitrogen and oxygen atoms in total. The van der Waals surface area contributed by atoms with Gasteiger partial charge in [-0.25, -0.2) is 0 Å². The van der Waals surface area contributed by atoms with E-state index in [-0.39, 0.29) is 18.0 Å². The minimum atomic E-state index is -4.45. The summed E-state index contributed by atoms with van der Waals surface area (Å²) in [5.41, 5.74) is -0.0762. The van der Waals surface area contributed by atoms with E-state index >= 15 is 0 Å². The number of nitrogens with one attached hydrogen (secondary N) is 2. The molecule has 3 aromatic rings. The lowest BCUT2D eigenvalue weighted by molar-refractivity contribution is -0.137. The number of anilines is 1. The highest BCUT2D eigenvalue weighted by atomic mass is 19.4. The predicted molar refractivity (Wildman–Crippen MR) is 99.1 cm³/mol. The van der Waals surface area contributed by atoms with Crippen LogP contribution < -0.4 is 10.1 Å². The van der Waals surface area contributed by atoms with Crippen molar-refractivity contribution in [3.05, 3.63) is 53.6 Å². The van der Waals surface area contributed by atoms with Gasteiger partial charge in [-0.1, -0.05) is 12.8 Å². The Morgan fingerprint density at radius 3 is 2.61 bits per heavy atom. The summed E-state index contributed by atoms with van der Waals surface area (Å²) in [5.74, 6) is 6.09. The highest BCUT2D eigenvalue weighted by Gasteiger charge is 2.30. The molecule has 0 atom stereocenters. The first-order valence-corrected chi connectivity index (χ1v) is 8.43. The van der Waals surface area contributed by atoms with Crippen molar-refractivity contribution in [1.29, 1.82) is 0 Å². The van der Waals surface area contributed by atoms with Gasteiger partial charge in [-0.2, -0.15) is 18.3 Å². The summed E-state index contributed by atoms with van der Waals surface area (Å²) >= 11 is 0. The van der Waals surface area contributed by atoms with Gasteiger partial charge < -0.3 is 10.1 Å². The molecular weight excluding hydrogens is 371 g/mol. The van der Waals surface area contributed by atoms with Gasteiger partial charge in [0.25, 0.3) is 5.91 Å². The molecule has 1 amide bonds. The molecule has 3 rings (SSSR count). The van der Waals surface area contributed by atoms with Gasteiger partial charge in [0.1, 0.15) is 12.4 Å². The second kappa shape index (κ2) is 8.05. The predicted octanol–water partition coefficient (Wildman–Crippen LogP) is 4.63. The molecule has 0 saturated carbocycles. The first kappa shape index (κ1) is 19.3. The zero-order valence-electron chi connectivity index (χ0n) is 14.9. The van der Waals surface area contributed by atoms with Crippen molar-refractivity contribution >= 4 is 22.6 Å². The summed E-state index contributed by atoms with van der Waals surface area (Å²) in [6.07, 6.45) is -3.69. The van der Waals surface area contributed by atoms with E-state index in [0.29, 0.717) is 16.7 Å². The maximum Gasteiger partial charge on any atom is 0.416 e. The molecule has 0 radical (unpaired) electrons. The second-order valence-electron chi connectivity index (χ2n) is 5.80. The summed E-state index contributed by atoms with van der Waals surface area (Å²) in [5, 5.41) is 10.1. The number of aromatic amines is 1. The van der Waals surface area contributed by atoms with Gasteiger partial charge in [0.05, 0.1) is 11.1 Å². The lowest BCUT2D eigenvalue weighted by Gasteiger charge is -2.07. The number of rotatable bonds is 4. The second-order valence-corrected chi connectivity index (χ2v) is 5.80. The molecule has 144 valence electrons. The summed E-state index contributed by atoms with van der Waals surface area (Å²) in [6, 6.07) is 9.14. The number of halogens is 3. The number of ether oxygens (including phenoxy) is 1. The largest absolute Gasteiger partial charge is 0.481 e. The fourth-order valence-electron chi connectivity index (χ4n) is 2.47. The van der Waals surface area contributed by atoms with E-state index in [2.05, 4.69) is 27.4 Å². The van der Waals surface area contributed by atoms with Crippen LogP contribution in [0.2, 0.25) is 0 Å². The van der Waals surface area contributed by atoms with Crippen molar-refractivity contribution in [2.45, 2.75) is 19.5 Å². The van der Waals surface area contributed by atoms with Crippen LogP contribution in [0, 0.1) is 11.8 Å². The maximum absolute atomic E-state index is 12.6. The van der Waals surface area contributed by atoms with Gasteiger partial charge in [0, 0.05) is 23.4 Å². The lowest BCUT2D eigenvalue weighted by atomic mass is 10.1. The van der Waals surface area contributed by atoms with Gasteiger partial charge in [-0.15, -0.1) is 5.92 Å². The number of carbonyl (C=O) groups excluding carboxylic acids is 1. The molecule has 28 heavy (non-hydrogen) atoms. The van der Waals surface area contributed by atoms with E-state index in [9.17, 15) is 18.0 Å². The summed E-state index contributed by atoms with van der Waals surface area (Å²) in [7, 11) is 0. The molecule has 1 aromatic heterocycles. The van der Waals surface area contributed by atoms with Crippen molar-refractivity contribution in [2.75, 3.05) is 11.9 Å². The smallest absolute Gasteiger partial charge is 0.416 e. The maximum atomic E-state index is 12.6. The van der Waals surface area contributed by atoms with Gasteiger partial charge in [0.2, 0.25) is 0 Å². The molecule has 2 aromatic carbocycles. The molecule has 0 saturated heterocycles. The van der Waals surface area contributed by atoms with Gasteiger partial charge >= 0.3 is 6.18 Å². The number of fused-ring (bicyclic) bond motifs is 1. The summed E-state index contributed by atoms with van der Waals surface area (Å²) in [6.45, 7) is 2.22. The molecule has 2 N–H and O–H groups in total. The highest BCUT2D eigenvalue weighted by molar-refractivity contribution is 6.07. The van der Waals surface area contributed by atoms with Crippen molar-refractivity contribution < 1.29 is 22.7 Å². The van der Waals surface area contributed by atoms with Crippen molar-refractivity contribution in [1.82, 2.24) is 10.2 Å². The molecule has 8 heteroatoms. The Kier molecular flexibility index (Phi) is 5.54. The number of aromatic nitrogens is 2. The average Bonchev–Trinajstić information content (AvgIpc) is 3.07. The Labute approximate surface area is 158 Å². The zero-order valence-corrected chi connectivity index (χ0v) is 14.9. The van der Waals surface area contributed by atoms with Crippen LogP contribution in [-0.2, 0) is 6.18 Å². The lowest BCUT2D eigenvalue weighted by Crippen LogP contribution is -2.13. The SMILES string of the molecule is CCC#CCOc1ccc2c(NC(=O)c3ccc(C(F)(F)F)cc3)n[nH]c2c1. The quantitative estimate of drug-likeness (QED) is 0.642. The molecule has 0 spiro atoms. The topological polar surface area (TPSA) is 67.0 Å². The van der Waals surface area contributed by atoms with E-state index in [4.69, 9.17) is 4.74 Å². The fraction of sp³-hybridized carbons (Fsp3) is 0.200. The van der Waals surface area contributed by atoms with Crippen LogP contribution in [0.4, 0.5) is 19.0 Å². The molecule has 0 bridgehead atoms. The van der Waals surface area contributed by atoms with Crippen molar-refractivity contribution in [2.24, 2.45) is 0 Å². The molecule has 0 fully saturated rings. The Morgan fingerprint density at radius 1 is 1.18 bits per heavy atom. The van der Waals surface area contributed by atoms with E-state index in [1.54, 1.807) is 18.2 Å². The van der Waals surface area contributed by atoms with E-state index in [1.807, 2.05) is 6.92 Å². The first-order valence-electron chi connectivity index (χ1n) is 8.43. The van der Waals surface area contributed by atoms with E-state index < -0.39 is 17.6 Å². The summed E-state index contributed by atoms with van der Waals surface area (Å²) in [4.78, 5) is 12.3. The molecule has 0 aliphatic carbocycles. The zero-order chi connectivity index (χ0) is 20.1. The third-order valence-electron chi connectivity index (χ3n) is 3.85. The molecule has 0 aliphatic heterocycles. The summed E-state index contributed by atoms with van der Waals surface area (Å²) < 4.78 is 43.4. The first-order chi connectivity index (χ1) is 13.4. The molecular formula is C20H16F3N3O2. The number of hydrogen-bond donors (Lipinski definition) is 2. The number of nitrogens with zero attached hydrogens (tertiary/aromatic N) is 1. The van der Waals surface area contributed by atoms with Crippen molar-refractivity contribution in [3.8, 4) is 17.6 Å². The molecule has 0 aliphatic rings. The van der Waals surface area contributed by atoms with Crippen LogP contribution >= 0.6 is 0 Å². The van der Waals surface area contributed by atoms with Gasteiger partial charge in [-0.3, -0.25) is 9.89 Å². The standard InChI is InChI=1S/C20H16F3N3O2/c1-2-3-4-11-28-15-9-10-16-17(12-15)25-26-18(16)24-19(27)13-5-7-14(8-6-13)20(21,22)23/h5-10,12H,2,11H2,1H3,(H2,24,25,26,27). The van der Waals surface area contributed by atoms with E-state index in [1.165, 1.54) is 0 Å². The van der Waals surface area contributed by atoms with Gasteiger partial charge in [0.15, 0.2) is 5.82 Å². The fourth-order valence-corrected chi connectivity index (χ4v) is 2.47. The molecule has 0 unspecified atom stereocenters. The number of benzene rings is 2. The minimum Gasteiger partial charge on any atom is -0.481 e. The highest BCUT2D eigenvalue weighted by Crippen LogP contribution is 2.29. The number of carbonyl (C=O) groups is 1. The Morgan fingerprint density at radius 2 is 1.93 bits per heavy atom. The Hall–Kier alpha value is -3.47. The van der Waals surface area contributed by atoms with Crippen molar-refractivity contribution in [3.63, 3.8) is 0 Å². The van der Waals surface area contributed by atoms with Crippen LogP contribution in [0.15, 0.2) is 42.5 Å². The number of hydrogen-bond acceptors (Lipinski definition) is 3. The third-order valence-corrected chi connectivity index (χ3v) is 3.85. The van der Waals surface area contributed by atoms with Crippen LogP contribution in [-0.4, -0.2) is 22.7 Å². The number of alkyl halides is 3. The van der Waals surface area contributed by atoms with Crippen LogP contribution in [0.1, 0.15) is 29.3 Å². The Balaban J connectivity index is 1.72. The van der Waals surface area contributed by atoms with Crippen LogP contribution in [0.5, 0.6) is 5.75 Å².